The van der Waals surface area contributed by atoms with E-state index in [1.165, 1.54) is 12.1 Å². The van der Waals surface area contributed by atoms with Gasteiger partial charge in [-0.25, -0.2) is 0 Å². The molecule has 2 aromatic carbocycles. The van der Waals surface area contributed by atoms with Crippen LogP contribution in [-0.2, 0) is 6.18 Å². The van der Waals surface area contributed by atoms with Gasteiger partial charge in [0.1, 0.15) is 0 Å². The first-order chi connectivity index (χ1) is 9.36. The molecule has 1 unspecified atom stereocenters. The lowest BCUT2D eigenvalue weighted by Gasteiger charge is -2.17. The van der Waals surface area contributed by atoms with E-state index in [1.54, 1.807) is 6.07 Å². The topological polar surface area (TPSA) is 12.0 Å². The number of nitrogens with one attached hydrogen (secondary N) is 1. The van der Waals surface area contributed by atoms with Gasteiger partial charge in [-0.05, 0) is 71.5 Å². The Bertz CT molecular complexity index is 578. The van der Waals surface area contributed by atoms with Crippen LogP contribution < -0.4 is 5.32 Å². The number of benzene rings is 2. The molecule has 20 heavy (non-hydrogen) atoms. The highest BCUT2D eigenvalue weighted by atomic mass is 127. The van der Waals surface area contributed by atoms with Crippen LogP contribution in [0.2, 0.25) is 0 Å². The molecule has 0 fully saturated rings. The first kappa shape index (κ1) is 15.2. The summed E-state index contributed by atoms with van der Waals surface area (Å²) in [4.78, 5) is 0. The van der Waals surface area contributed by atoms with Gasteiger partial charge in [0.2, 0.25) is 0 Å². The maximum atomic E-state index is 12.7. The van der Waals surface area contributed by atoms with Gasteiger partial charge in [0.05, 0.1) is 5.56 Å². The van der Waals surface area contributed by atoms with Gasteiger partial charge in [0.15, 0.2) is 0 Å². The summed E-state index contributed by atoms with van der Waals surface area (Å²) in [7, 11) is 0. The molecule has 0 aromatic heterocycles. The monoisotopic (exact) mass is 391 g/mol. The van der Waals surface area contributed by atoms with Crippen molar-refractivity contribution < 1.29 is 13.2 Å². The molecule has 2 aromatic rings. The van der Waals surface area contributed by atoms with E-state index in [9.17, 15) is 13.2 Å². The van der Waals surface area contributed by atoms with Gasteiger partial charge in [-0.15, -0.1) is 0 Å². The second-order valence-electron chi connectivity index (χ2n) is 4.50. The lowest BCUT2D eigenvalue weighted by molar-refractivity contribution is -0.137. The second-order valence-corrected chi connectivity index (χ2v) is 5.74. The average Bonchev–Trinajstić information content (AvgIpc) is 2.40. The summed E-state index contributed by atoms with van der Waals surface area (Å²) >= 11 is 2.20. The SMILES string of the molecule is CC(Nc1ccc(I)cc1)c1cccc(C(F)(F)F)c1. The van der Waals surface area contributed by atoms with Gasteiger partial charge in [-0.3, -0.25) is 0 Å². The quantitative estimate of drug-likeness (QED) is 0.683. The second kappa shape index (κ2) is 6.03. The van der Waals surface area contributed by atoms with Crippen molar-refractivity contribution in [3.8, 4) is 0 Å². The van der Waals surface area contributed by atoms with Crippen molar-refractivity contribution >= 4 is 28.3 Å². The van der Waals surface area contributed by atoms with Crippen molar-refractivity contribution in [2.45, 2.75) is 19.1 Å². The molecule has 0 amide bonds. The first-order valence-electron chi connectivity index (χ1n) is 6.05. The highest BCUT2D eigenvalue weighted by molar-refractivity contribution is 14.1. The van der Waals surface area contributed by atoms with Crippen LogP contribution in [0, 0.1) is 3.57 Å². The molecule has 0 saturated heterocycles. The van der Waals surface area contributed by atoms with E-state index in [0.717, 1.165) is 15.3 Å². The molecule has 0 aliphatic heterocycles. The summed E-state index contributed by atoms with van der Waals surface area (Å²) < 4.78 is 39.2. The van der Waals surface area contributed by atoms with Gasteiger partial charge < -0.3 is 5.32 Å². The molecule has 0 saturated carbocycles. The molecule has 1 N–H and O–H groups in total. The number of hydrogen-bond donors (Lipinski definition) is 1. The summed E-state index contributed by atoms with van der Waals surface area (Å²) in [5.41, 5.74) is 0.875. The van der Waals surface area contributed by atoms with Crippen LogP contribution in [0.3, 0.4) is 0 Å². The third kappa shape index (κ3) is 3.88. The molecule has 5 heteroatoms. The molecule has 0 radical (unpaired) electrons. The predicted molar refractivity (Wildman–Crippen MR) is 82.6 cm³/mol. The zero-order valence-electron chi connectivity index (χ0n) is 10.7. The normalized spacial score (nSPS) is 13.1. The van der Waals surface area contributed by atoms with Crippen LogP contribution in [-0.4, -0.2) is 0 Å². The van der Waals surface area contributed by atoms with Crippen molar-refractivity contribution in [1.29, 1.82) is 0 Å². The minimum atomic E-state index is -4.31. The van der Waals surface area contributed by atoms with Crippen molar-refractivity contribution in [2.75, 3.05) is 5.32 Å². The predicted octanol–water partition coefficient (Wildman–Crippen LogP) is 5.48. The Labute approximate surface area is 129 Å². The third-order valence-electron chi connectivity index (χ3n) is 2.94. The smallest absolute Gasteiger partial charge is 0.379 e. The van der Waals surface area contributed by atoms with Crippen molar-refractivity contribution in [3.05, 3.63) is 63.2 Å². The molecular weight excluding hydrogens is 378 g/mol. The molecule has 106 valence electrons. The molecular formula is C15H13F3IN. The molecule has 1 atom stereocenters. The van der Waals surface area contributed by atoms with Gasteiger partial charge in [-0.2, -0.15) is 13.2 Å². The van der Waals surface area contributed by atoms with E-state index in [4.69, 9.17) is 0 Å². The summed E-state index contributed by atoms with van der Waals surface area (Å²) in [5, 5.41) is 3.19. The van der Waals surface area contributed by atoms with Crippen LogP contribution in [0.4, 0.5) is 18.9 Å². The van der Waals surface area contributed by atoms with E-state index in [1.807, 2.05) is 31.2 Å². The molecule has 2 rings (SSSR count). The first-order valence-corrected chi connectivity index (χ1v) is 7.13. The number of halogens is 4. The molecule has 1 nitrogen and oxygen atoms in total. The van der Waals surface area contributed by atoms with Gasteiger partial charge in [0, 0.05) is 15.3 Å². The maximum absolute atomic E-state index is 12.7. The van der Waals surface area contributed by atoms with E-state index in [-0.39, 0.29) is 6.04 Å². The summed E-state index contributed by atoms with van der Waals surface area (Å²) in [6.45, 7) is 1.84. The largest absolute Gasteiger partial charge is 0.416 e. The molecule has 0 aliphatic carbocycles. The van der Waals surface area contributed by atoms with Crippen molar-refractivity contribution in [1.82, 2.24) is 0 Å². The Kier molecular flexibility index (Phi) is 4.57. The van der Waals surface area contributed by atoms with Gasteiger partial charge >= 0.3 is 6.18 Å². The van der Waals surface area contributed by atoms with Crippen LogP contribution >= 0.6 is 22.6 Å². The Hall–Kier alpha value is -1.24. The summed E-state index contributed by atoms with van der Waals surface area (Å²) in [5.74, 6) is 0. The lowest BCUT2D eigenvalue weighted by Crippen LogP contribution is -2.10. The molecule has 0 aliphatic rings. The molecule has 0 bridgehead atoms. The van der Waals surface area contributed by atoms with Gasteiger partial charge in [-0.1, -0.05) is 12.1 Å². The summed E-state index contributed by atoms with van der Waals surface area (Å²) in [6.07, 6.45) is -4.31. The Balaban J connectivity index is 2.17. The molecule has 0 heterocycles. The fraction of sp³-hybridized carbons (Fsp3) is 0.200. The Morgan fingerprint density at radius 2 is 1.70 bits per heavy atom. The highest BCUT2D eigenvalue weighted by Crippen LogP contribution is 2.31. The number of alkyl halides is 3. The van der Waals surface area contributed by atoms with E-state index in [0.29, 0.717) is 5.56 Å². The summed E-state index contributed by atoms with van der Waals surface area (Å²) in [6, 6.07) is 12.9. The number of anilines is 1. The fourth-order valence-corrected chi connectivity index (χ4v) is 2.22. The fourth-order valence-electron chi connectivity index (χ4n) is 1.86. The minimum Gasteiger partial charge on any atom is -0.379 e. The van der Waals surface area contributed by atoms with Crippen LogP contribution in [0.25, 0.3) is 0 Å². The van der Waals surface area contributed by atoms with Gasteiger partial charge in [0.25, 0.3) is 0 Å². The number of rotatable bonds is 3. The van der Waals surface area contributed by atoms with Crippen molar-refractivity contribution in [3.63, 3.8) is 0 Å². The molecule has 0 spiro atoms. The van der Waals surface area contributed by atoms with Crippen LogP contribution in [0.5, 0.6) is 0 Å². The Morgan fingerprint density at radius 3 is 2.30 bits per heavy atom. The van der Waals surface area contributed by atoms with E-state index >= 15 is 0 Å². The standard InChI is InChI=1S/C15H13F3IN/c1-10(20-14-7-5-13(19)6-8-14)11-3-2-4-12(9-11)15(16,17)18/h2-10,20H,1H3. The van der Waals surface area contributed by atoms with Crippen molar-refractivity contribution in [2.24, 2.45) is 0 Å². The maximum Gasteiger partial charge on any atom is 0.416 e. The van der Waals surface area contributed by atoms with Crippen LogP contribution in [0.15, 0.2) is 48.5 Å². The minimum absolute atomic E-state index is 0.197. The van der Waals surface area contributed by atoms with E-state index in [2.05, 4.69) is 27.9 Å². The zero-order valence-corrected chi connectivity index (χ0v) is 12.9. The Morgan fingerprint density at radius 1 is 1.05 bits per heavy atom. The highest BCUT2D eigenvalue weighted by Gasteiger charge is 2.30. The average molecular weight is 391 g/mol. The third-order valence-corrected chi connectivity index (χ3v) is 3.66. The van der Waals surface area contributed by atoms with Crippen LogP contribution in [0.1, 0.15) is 24.1 Å². The lowest BCUT2D eigenvalue weighted by atomic mass is 10.0. The van der Waals surface area contributed by atoms with E-state index < -0.39 is 11.7 Å². The number of hydrogen-bond acceptors (Lipinski definition) is 1. The zero-order chi connectivity index (χ0) is 14.8.